The Balaban J connectivity index is 1.46. The van der Waals surface area contributed by atoms with Crippen molar-refractivity contribution < 1.29 is 9.59 Å². The number of amides is 2. The lowest BCUT2D eigenvalue weighted by atomic mass is 10.0. The zero-order valence-corrected chi connectivity index (χ0v) is 18.8. The molecule has 6 heteroatoms. The van der Waals surface area contributed by atoms with Crippen LogP contribution in [0.2, 0.25) is 0 Å². The highest BCUT2D eigenvalue weighted by Crippen LogP contribution is 2.22. The van der Waals surface area contributed by atoms with Gasteiger partial charge in [0, 0.05) is 36.9 Å². The van der Waals surface area contributed by atoms with E-state index in [2.05, 4.69) is 12.0 Å². The molecule has 1 aliphatic rings. The summed E-state index contributed by atoms with van der Waals surface area (Å²) >= 11 is 0. The highest BCUT2D eigenvalue weighted by atomic mass is 16.2. The number of piperidine rings is 1. The van der Waals surface area contributed by atoms with Crippen molar-refractivity contribution in [2.45, 2.75) is 39.2 Å². The predicted molar refractivity (Wildman–Crippen MR) is 125 cm³/mol. The molecule has 0 bridgehead atoms. The monoisotopic (exact) mass is 430 g/mol. The van der Waals surface area contributed by atoms with E-state index in [1.165, 1.54) is 0 Å². The number of benzene rings is 2. The van der Waals surface area contributed by atoms with E-state index in [-0.39, 0.29) is 17.9 Å². The molecule has 4 rings (SSSR count). The first-order chi connectivity index (χ1) is 15.6. The second-order valence-corrected chi connectivity index (χ2v) is 8.31. The molecule has 1 fully saturated rings. The fraction of sp³-hybridized carbons (Fsp3) is 0.346. The van der Waals surface area contributed by atoms with Crippen molar-refractivity contribution >= 4 is 11.8 Å². The first-order valence-electron chi connectivity index (χ1n) is 11.4. The van der Waals surface area contributed by atoms with Gasteiger partial charge in [0.05, 0.1) is 5.69 Å². The smallest absolute Gasteiger partial charge is 0.274 e. The van der Waals surface area contributed by atoms with Crippen LogP contribution in [-0.2, 0) is 0 Å². The minimum absolute atomic E-state index is 0.0301. The van der Waals surface area contributed by atoms with E-state index in [9.17, 15) is 9.59 Å². The molecule has 1 saturated heterocycles. The fourth-order valence-corrected chi connectivity index (χ4v) is 4.39. The predicted octanol–water partition coefficient (Wildman–Crippen LogP) is 4.34. The van der Waals surface area contributed by atoms with Gasteiger partial charge in [-0.25, -0.2) is 4.68 Å². The Morgan fingerprint density at radius 1 is 1.00 bits per heavy atom. The van der Waals surface area contributed by atoms with Gasteiger partial charge in [-0.05, 0) is 56.5 Å². The van der Waals surface area contributed by atoms with Crippen LogP contribution in [0.4, 0.5) is 0 Å². The summed E-state index contributed by atoms with van der Waals surface area (Å²) in [5, 5.41) is 4.62. The molecule has 0 radical (unpaired) electrons. The Labute approximate surface area is 189 Å². The SMILES string of the molecule is CCCN(C(=O)c1cc(C)n(-c2ccccc2)n1)C1CCN(C(=O)c2ccccc2)CC1. The molecule has 0 aliphatic carbocycles. The quantitative estimate of drug-likeness (QED) is 0.585. The summed E-state index contributed by atoms with van der Waals surface area (Å²) in [5.74, 6) is 0.0344. The van der Waals surface area contributed by atoms with Crippen LogP contribution in [-0.4, -0.2) is 57.1 Å². The van der Waals surface area contributed by atoms with E-state index < -0.39 is 0 Å². The highest BCUT2D eigenvalue weighted by Gasteiger charge is 2.31. The number of likely N-dealkylation sites (tertiary alicyclic amines) is 1. The number of hydrogen-bond acceptors (Lipinski definition) is 3. The molecule has 2 aromatic carbocycles. The Morgan fingerprint density at radius 3 is 2.25 bits per heavy atom. The van der Waals surface area contributed by atoms with E-state index in [0.717, 1.165) is 36.2 Å². The standard InChI is InChI=1S/C26H30N4O2/c1-3-16-29(22-14-17-28(18-15-22)25(31)21-10-6-4-7-11-21)26(32)24-19-20(2)30(27-24)23-12-8-5-9-13-23/h4-13,19,22H,3,14-18H2,1-2H3. The summed E-state index contributed by atoms with van der Waals surface area (Å²) in [6.45, 7) is 6.05. The van der Waals surface area contributed by atoms with Crippen molar-refractivity contribution in [3.05, 3.63) is 83.7 Å². The third kappa shape index (κ3) is 4.59. The Bertz CT molecular complexity index is 1050. The van der Waals surface area contributed by atoms with Crippen LogP contribution in [0, 0.1) is 6.92 Å². The van der Waals surface area contributed by atoms with Gasteiger partial charge in [-0.1, -0.05) is 43.3 Å². The molecule has 166 valence electrons. The number of nitrogens with zero attached hydrogens (tertiary/aromatic N) is 4. The van der Waals surface area contributed by atoms with Gasteiger partial charge in [-0.15, -0.1) is 0 Å². The van der Waals surface area contributed by atoms with Crippen LogP contribution in [0.25, 0.3) is 5.69 Å². The summed E-state index contributed by atoms with van der Waals surface area (Å²) in [6.07, 6.45) is 2.44. The number of carbonyl (C=O) groups excluding carboxylic acids is 2. The van der Waals surface area contributed by atoms with Crippen molar-refractivity contribution in [3.63, 3.8) is 0 Å². The van der Waals surface area contributed by atoms with Crippen LogP contribution >= 0.6 is 0 Å². The van der Waals surface area contributed by atoms with Gasteiger partial charge in [0.2, 0.25) is 0 Å². The minimum atomic E-state index is -0.0301. The lowest BCUT2D eigenvalue weighted by molar-refractivity contribution is 0.0515. The van der Waals surface area contributed by atoms with Crippen LogP contribution < -0.4 is 0 Å². The number of aromatic nitrogens is 2. The molecular formula is C26H30N4O2. The molecule has 0 spiro atoms. The molecule has 6 nitrogen and oxygen atoms in total. The molecule has 0 unspecified atom stereocenters. The zero-order chi connectivity index (χ0) is 22.5. The van der Waals surface area contributed by atoms with Crippen molar-refractivity contribution in [3.8, 4) is 5.69 Å². The molecule has 2 amide bonds. The molecule has 0 saturated carbocycles. The molecule has 0 N–H and O–H groups in total. The molecule has 1 aliphatic heterocycles. The van der Waals surface area contributed by atoms with Crippen LogP contribution in [0.15, 0.2) is 66.7 Å². The number of rotatable bonds is 6. The molecule has 3 aromatic rings. The first kappa shape index (κ1) is 21.8. The normalized spacial score (nSPS) is 14.4. The van der Waals surface area contributed by atoms with Gasteiger partial charge >= 0.3 is 0 Å². The second kappa shape index (κ2) is 9.81. The summed E-state index contributed by atoms with van der Waals surface area (Å²) in [4.78, 5) is 30.1. The summed E-state index contributed by atoms with van der Waals surface area (Å²) in [5.41, 5.74) is 3.06. The third-order valence-corrected chi connectivity index (χ3v) is 6.05. The maximum atomic E-state index is 13.4. The largest absolute Gasteiger partial charge is 0.338 e. The van der Waals surface area contributed by atoms with Gasteiger partial charge in [-0.3, -0.25) is 9.59 Å². The first-order valence-corrected chi connectivity index (χ1v) is 11.4. The maximum Gasteiger partial charge on any atom is 0.274 e. The molecular weight excluding hydrogens is 400 g/mol. The second-order valence-electron chi connectivity index (χ2n) is 8.31. The fourth-order valence-electron chi connectivity index (χ4n) is 4.39. The summed E-state index contributed by atoms with van der Waals surface area (Å²) in [6, 6.07) is 21.2. The van der Waals surface area contributed by atoms with E-state index in [0.29, 0.717) is 25.3 Å². The highest BCUT2D eigenvalue weighted by molar-refractivity contribution is 5.94. The lowest BCUT2D eigenvalue weighted by Crippen LogP contribution is -2.49. The van der Waals surface area contributed by atoms with E-state index in [1.54, 1.807) is 0 Å². The van der Waals surface area contributed by atoms with Gasteiger partial charge in [-0.2, -0.15) is 5.10 Å². The molecule has 32 heavy (non-hydrogen) atoms. The number of aryl methyl sites for hydroxylation is 1. The maximum absolute atomic E-state index is 13.4. The van der Waals surface area contributed by atoms with Crippen molar-refractivity contribution in [1.29, 1.82) is 0 Å². The van der Waals surface area contributed by atoms with Crippen LogP contribution in [0.1, 0.15) is 52.7 Å². The average molecular weight is 431 g/mol. The summed E-state index contributed by atoms with van der Waals surface area (Å²) in [7, 11) is 0. The molecule has 2 heterocycles. The van der Waals surface area contributed by atoms with Crippen molar-refractivity contribution in [1.82, 2.24) is 19.6 Å². The van der Waals surface area contributed by atoms with Gasteiger partial charge in [0.1, 0.15) is 0 Å². The summed E-state index contributed by atoms with van der Waals surface area (Å²) < 4.78 is 1.82. The topological polar surface area (TPSA) is 58.4 Å². The minimum Gasteiger partial charge on any atom is -0.338 e. The van der Waals surface area contributed by atoms with Gasteiger partial charge in [0.25, 0.3) is 11.8 Å². The Hall–Kier alpha value is -3.41. The average Bonchev–Trinajstić information content (AvgIpc) is 3.24. The third-order valence-electron chi connectivity index (χ3n) is 6.05. The van der Waals surface area contributed by atoms with E-state index in [4.69, 9.17) is 0 Å². The zero-order valence-electron chi connectivity index (χ0n) is 18.8. The number of para-hydroxylation sites is 1. The number of carbonyl (C=O) groups is 2. The van der Waals surface area contributed by atoms with Gasteiger partial charge in [0.15, 0.2) is 5.69 Å². The Kier molecular flexibility index (Phi) is 6.69. The molecule has 0 atom stereocenters. The van der Waals surface area contributed by atoms with E-state index >= 15 is 0 Å². The van der Waals surface area contributed by atoms with Crippen molar-refractivity contribution in [2.75, 3.05) is 19.6 Å². The molecule has 1 aromatic heterocycles. The number of hydrogen-bond donors (Lipinski definition) is 0. The van der Waals surface area contributed by atoms with Crippen molar-refractivity contribution in [2.24, 2.45) is 0 Å². The lowest BCUT2D eigenvalue weighted by Gasteiger charge is -2.38. The van der Waals surface area contributed by atoms with E-state index in [1.807, 2.05) is 88.1 Å². The Morgan fingerprint density at radius 2 is 1.62 bits per heavy atom. The van der Waals surface area contributed by atoms with Crippen LogP contribution in [0.3, 0.4) is 0 Å². The van der Waals surface area contributed by atoms with Gasteiger partial charge < -0.3 is 9.80 Å². The van der Waals surface area contributed by atoms with Crippen LogP contribution in [0.5, 0.6) is 0 Å².